The number of hydrogen-bond donors (Lipinski definition) is 1. The minimum atomic E-state index is -0.395. The van der Waals surface area contributed by atoms with E-state index in [0.29, 0.717) is 12.2 Å². The van der Waals surface area contributed by atoms with E-state index in [4.69, 9.17) is 0 Å². The van der Waals surface area contributed by atoms with E-state index in [0.717, 1.165) is 5.69 Å². The Morgan fingerprint density at radius 2 is 2.06 bits per heavy atom. The summed E-state index contributed by atoms with van der Waals surface area (Å²) in [6, 6.07) is 8.32. The van der Waals surface area contributed by atoms with Gasteiger partial charge in [0.15, 0.2) is 0 Å². The number of aliphatic hydroxyl groups is 1. The Bertz CT molecular complexity index is 495. The highest BCUT2D eigenvalue weighted by molar-refractivity contribution is 7.99. The highest BCUT2D eigenvalue weighted by Gasteiger charge is 2.09. The van der Waals surface area contributed by atoms with Crippen LogP contribution >= 0.6 is 11.8 Å². The van der Waals surface area contributed by atoms with Crippen LogP contribution in [-0.4, -0.2) is 32.0 Å². The number of nitrogens with zero attached hydrogens (tertiary/aromatic N) is 3. The quantitative estimate of drug-likeness (QED) is 0.836. The molecule has 0 spiro atoms. The van der Waals surface area contributed by atoms with Crippen molar-refractivity contribution in [2.75, 3.05) is 5.75 Å². The van der Waals surface area contributed by atoms with Gasteiger partial charge in [-0.05, 0) is 19.1 Å². The summed E-state index contributed by atoms with van der Waals surface area (Å²) in [7, 11) is 1.82. The fourth-order valence-corrected chi connectivity index (χ4v) is 2.45. The van der Waals surface area contributed by atoms with Gasteiger partial charge in [-0.3, -0.25) is 4.68 Å². The molecule has 5 heteroatoms. The molecular formula is C13H17N3OS. The van der Waals surface area contributed by atoms with E-state index in [1.54, 1.807) is 16.4 Å². The van der Waals surface area contributed by atoms with Crippen molar-refractivity contribution in [2.24, 2.45) is 7.05 Å². The van der Waals surface area contributed by atoms with Crippen LogP contribution in [0.1, 0.15) is 11.3 Å². The maximum absolute atomic E-state index is 9.93. The van der Waals surface area contributed by atoms with Gasteiger partial charge >= 0.3 is 0 Å². The minimum absolute atomic E-state index is 0.395. The third kappa shape index (κ3) is 3.85. The van der Waals surface area contributed by atoms with Crippen molar-refractivity contribution < 1.29 is 5.11 Å². The average molecular weight is 263 g/mol. The van der Waals surface area contributed by atoms with Crippen LogP contribution < -0.4 is 0 Å². The van der Waals surface area contributed by atoms with Gasteiger partial charge in [0.2, 0.25) is 0 Å². The number of aromatic nitrogens is 3. The molecule has 4 nitrogen and oxygen atoms in total. The second-order valence-corrected chi connectivity index (χ2v) is 5.46. The molecule has 1 unspecified atom stereocenters. The van der Waals surface area contributed by atoms with Crippen molar-refractivity contribution in [3.05, 3.63) is 41.7 Å². The van der Waals surface area contributed by atoms with E-state index in [-0.39, 0.29) is 0 Å². The van der Waals surface area contributed by atoms with Gasteiger partial charge in [0.1, 0.15) is 0 Å². The summed E-state index contributed by atoms with van der Waals surface area (Å²) in [5.41, 5.74) is 2.08. The largest absolute Gasteiger partial charge is 0.392 e. The van der Waals surface area contributed by atoms with Gasteiger partial charge in [0, 0.05) is 30.3 Å². The molecule has 0 aliphatic heterocycles. The van der Waals surface area contributed by atoms with Crippen LogP contribution in [0.15, 0.2) is 35.4 Å². The number of hydrogen-bond acceptors (Lipinski definition) is 4. The van der Waals surface area contributed by atoms with Crippen molar-refractivity contribution >= 4 is 11.8 Å². The van der Waals surface area contributed by atoms with Crippen molar-refractivity contribution in [1.29, 1.82) is 0 Å². The molecule has 0 aliphatic carbocycles. The van der Waals surface area contributed by atoms with Gasteiger partial charge in [-0.1, -0.05) is 22.9 Å². The van der Waals surface area contributed by atoms with Gasteiger partial charge in [-0.2, -0.15) is 0 Å². The standard InChI is InChI=1S/C13H17N3OS/c1-10-3-5-13(6-4-10)18-9-12(17)7-11-8-16(2)15-14-11/h3-6,8,12,17H,7,9H2,1-2H3. The van der Waals surface area contributed by atoms with Crippen LogP contribution in [0.5, 0.6) is 0 Å². The van der Waals surface area contributed by atoms with Crippen LogP contribution in [0, 0.1) is 6.92 Å². The lowest BCUT2D eigenvalue weighted by Gasteiger charge is -2.08. The summed E-state index contributed by atoms with van der Waals surface area (Å²) in [5, 5.41) is 17.7. The van der Waals surface area contributed by atoms with Crippen LogP contribution in [0.3, 0.4) is 0 Å². The molecule has 0 radical (unpaired) electrons. The zero-order valence-electron chi connectivity index (χ0n) is 10.6. The van der Waals surface area contributed by atoms with Crippen molar-refractivity contribution in [3.8, 4) is 0 Å². The smallest absolute Gasteiger partial charge is 0.0853 e. The lowest BCUT2D eigenvalue weighted by atomic mass is 10.2. The Morgan fingerprint density at radius 1 is 1.33 bits per heavy atom. The first-order valence-corrected chi connectivity index (χ1v) is 6.85. The maximum atomic E-state index is 9.93. The summed E-state index contributed by atoms with van der Waals surface area (Å²) in [4.78, 5) is 1.18. The first kappa shape index (κ1) is 13.1. The number of benzene rings is 1. The lowest BCUT2D eigenvalue weighted by molar-refractivity contribution is 0.199. The molecule has 18 heavy (non-hydrogen) atoms. The minimum Gasteiger partial charge on any atom is -0.392 e. The fraction of sp³-hybridized carbons (Fsp3) is 0.385. The number of rotatable bonds is 5. The molecule has 1 heterocycles. The van der Waals surface area contributed by atoms with Crippen LogP contribution in [0.2, 0.25) is 0 Å². The molecular weight excluding hydrogens is 246 g/mol. The van der Waals surface area contributed by atoms with Crippen molar-refractivity contribution in [2.45, 2.75) is 24.3 Å². The first-order valence-electron chi connectivity index (χ1n) is 5.86. The molecule has 1 atom stereocenters. The number of aryl methyl sites for hydroxylation is 2. The average Bonchev–Trinajstić information content (AvgIpc) is 2.74. The molecule has 0 saturated heterocycles. The molecule has 2 aromatic rings. The van der Waals surface area contributed by atoms with Crippen LogP contribution in [0.4, 0.5) is 0 Å². The molecule has 0 bridgehead atoms. The molecule has 0 aliphatic rings. The third-order valence-corrected chi connectivity index (χ3v) is 3.72. The topological polar surface area (TPSA) is 50.9 Å². The number of thioether (sulfide) groups is 1. The zero-order chi connectivity index (χ0) is 13.0. The molecule has 1 N–H and O–H groups in total. The Morgan fingerprint density at radius 3 is 2.67 bits per heavy atom. The summed E-state index contributed by atoms with van der Waals surface area (Å²) in [6.07, 6.45) is 1.99. The van der Waals surface area contributed by atoms with Gasteiger partial charge < -0.3 is 5.11 Å². The number of aliphatic hydroxyl groups excluding tert-OH is 1. The fourth-order valence-electron chi connectivity index (χ4n) is 1.62. The monoisotopic (exact) mass is 263 g/mol. The van der Waals surface area contributed by atoms with Crippen molar-refractivity contribution in [3.63, 3.8) is 0 Å². The highest BCUT2D eigenvalue weighted by atomic mass is 32.2. The second-order valence-electron chi connectivity index (χ2n) is 4.37. The highest BCUT2D eigenvalue weighted by Crippen LogP contribution is 2.19. The summed E-state index contributed by atoms with van der Waals surface area (Å²) < 4.78 is 1.65. The molecule has 0 saturated carbocycles. The van der Waals surface area contributed by atoms with Crippen molar-refractivity contribution in [1.82, 2.24) is 15.0 Å². The van der Waals surface area contributed by atoms with E-state index < -0.39 is 6.10 Å². The van der Waals surface area contributed by atoms with E-state index in [9.17, 15) is 5.11 Å². The Hall–Kier alpha value is -1.33. The molecule has 0 fully saturated rings. The maximum Gasteiger partial charge on any atom is 0.0853 e. The van der Waals surface area contributed by atoms with Gasteiger partial charge in [0.25, 0.3) is 0 Å². The first-order chi connectivity index (χ1) is 8.63. The summed E-state index contributed by atoms with van der Waals surface area (Å²) in [5.74, 6) is 0.666. The summed E-state index contributed by atoms with van der Waals surface area (Å²) in [6.45, 7) is 2.07. The zero-order valence-corrected chi connectivity index (χ0v) is 11.4. The van der Waals surface area contributed by atoms with E-state index >= 15 is 0 Å². The Labute approximate surface area is 111 Å². The van der Waals surface area contributed by atoms with Crippen LogP contribution in [-0.2, 0) is 13.5 Å². The van der Waals surface area contributed by atoms with E-state index in [2.05, 4.69) is 41.5 Å². The Kier molecular flexibility index (Phi) is 4.38. The molecule has 0 amide bonds. The lowest BCUT2D eigenvalue weighted by Crippen LogP contribution is -2.13. The van der Waals surface area contributed by atoms with Gasteiger partial charge in [-0.15, -0.1) is 16.9 Å². The van der Waals surface area contributed by atoms with Gasteiger partial charge in [0.05, 0.1) is 11.8 Å². The second kappa shape index (κ2) is 6.02. The normalized spacial score (nSPS) is 12.6. The Balaban J connectivity index is 1.81. The van der Waals surface area contributed by atoms with Crippen LogP contribution in [0.25, 0.3) is 0 Å². The SMILES string of the molecule is Cc1ccc(SCC(O)Cc2cn(C)nn2)cc1. The molecule has 1 aromatic heterocycles. The van der Waals surface area contributed by atoms with E-state index in [1.807, 2.05) is 13.2 Å². The third-order valence-electron chi connectivity index (χ3n) is 2.56. The molecule has 96 valence electrons. The van der Waals surface area contributed by atoms with Gasteiger partial charge in [-0.25, -0.2) is 0 Å². The van der Waals surface area contributed by atoms with E-state index in [1.165, 1.54) is 10.5 Å². The molecule has 1 aromatic carbocycles. The summed E-state index contributed by atoms with van der Waals surface area (Å²) >= 11 is 1.66. The predicted octanol–water partition coefficient (Wildman–Crippen LogP) is 1.82. The predicted molar refractivity (Wildman–Crippen MR) is 72.6 cm³/mol. The molecule has 2 rings (SSSR count).